The minimum atomic E-state index is -0.784. The summed E-state index contributed by atoms with van der Waals surface area (Å²) in [6, 6.07) is 17.8. The van der Waals surface area contributed by atoms with Gasteiger partial charge in [0.25, 0.3) is 11.5 Å². The number of nitrogens with zero attached hydrogens (tertiary/aromatic N) is 2. The second-order valence-corrected chi connectivity index (χ2v) is 7.40. The smallest absolute Gasteiger partial charge is 0.349 e. The average molecular weight is 415 g/mol. The van der Waals surface area contributed by atoms with E-state index in [4.69, 9.17) is 4.42 Å². The van der Waals surface area contributed by atoms with Gasteiger partial charge in [-0.25, -0.2) is 14.5 Å². The van der Waals surface area contributed by atoms with Crippen molar-refractivity contribution in [2.45, 2.75) is 0 Å². The van der Waals surface area contributed by atoms with E-state index in [2.05, 4.69) is 10.4 Å². The lowest BCUT2D eigenvalue weighted by atomic mass is 10.1. The summed E-state index contributed by atoms with van der Waals surface area (Å²) < 4.78 is 6.18. The van der Waals surface area contributed by atoms with Crippen molar-refractivity contribution in [2.75, 3.05) is 5.43 Å². The molecule has 30 heavy (non-hydrogen) atoms. The Morgan fingerprint density at radius 2 is 1.80 bits per heavy atom. The monoisotopic (exact) mass is 415 g/mol. The molecule has 2 aromatic carbocycles. The first-order valence-corrected chi connectivity index (χ1v) is 9.88. The highest BCUT2D eigenvalue weighted by atomic mass is 32.1. The predicted octanol–water partition coefficient (Wildman–Crippen LogP) is 3.62. The van der Waals surface area contributed by atoms with Crippen LogP contribution in [0.25, 0.3) is 32.3 Å². The second-order valence-electron chi connectivity index (χ2n) is 6.54. The number of aromatic nitrogens is 2. The Balaban J connectivity index is 1.57. The molecule has 0 fully saturated rings. The van der Waals surface area contributed by atoms with Gasteiger partial charge < -0.3 is 4.42 Å². The largest absolute Gasteiger partial charge is 0.422 e. The van der Waals surface area contributed by atoms with Gasteiger partial charge in [0.15, 0.2) is 0 Å². The molecule has 0 spiro atoms. The third-order valence-corrected chi connectivity index (χ3v) is 5.57. The molecule has 0 atom stereocenters. The average Bonchev–Trinajstić information content (AvgIpc) is 3.21. The molecule has 5 aromatic rings. The van der Waals surface area contributed by atoms with Crippen LogP contribution < -0.4 is 16.6 Å². The Kier molecular flexibility index (Phi) is 4.26. The van der Waals surface area contributed by atoms with Gasteiger partial charge >= 0.3 is 5.63 Å². The van der Waals surface area contributed by atoms with Crippen LogP contribution in [-0.2, 0) is 0 Å². The zero-order chi connectivity index (χ0) is 20.7. The lowest BCUT2D eigenvalue weighted by Gasteiger charge is -2.08. The highest BCUT2D eigenvalue weighted by molar-refractivity contribution is 7.17. The van der Waals surface area contributed by atoms with Crippen LogP contribution in [0, 0.1) is 0 Å². The molecule has 7 nitrogen and oxygen atoms in total. The number of nitrogens with one attached hydrogen (secondary N) is 1. The molecular weight excluding hydrogens is 402 g/mol. The van der Waals surface area contributed by atoms with Gasteiger partial charge in [-0.2, -0.15) is 0 Å². The van der Waals surface area contributed by atoms with Crippen LogP contribution in [0.4, 0.5) is 0 Å². The molecular formula is C22H13N3O4S. The summed E-state index contributed by atoms with van der Waals surface area (Å²) in [5, 5.41) is 2.87. The molecule has 0 saturated carbocycles. The number of carbonyl (C=O) groups is 1. The fourth-order valence-electron chi connectivity index (χ4n) is 3.23. The molecule has 1 amide bonds. The van der Waals surface area contributed by atoms with Gasteiger partial charge in [-0.15, -0.1) is 11.3 Å². The van der Waals surface area contributed by atoms with Gasteiger partial charge in [-0.05, 0) is 17.7 Å². The zero-order valence-corrected chi connectivity index (χ0v) is 16.2. The van der Waals surface area contributed by atoms with E-state index >= 15 is 0 Å². The predicted molar refractivity (Wildman–Crippen MR) is 115 cm³/mol. The summed E-state index contributed by atoms with van der Waals surface area (Å²) in [4.78, 5) is 42.8. The Morgan fingerprint density at radius 1 is 1.03 bits per heavy atom. The Hall–Kier alpha value is -4.04. The molecule has 1 N–H and O–H groups in total. The number of benzene rings is 2. The van der Waals surface area contributed by atoms with E-state index in [0.29, 0.717) is 21.2 Å². The molecule has 3 heterocycles. The molecule has 8 heteroatoms. The van der Waals surface area contributed by atoms with Crippen molar-refractivity contribution in [3.8, 4) is 11.1 Å². The van der Waals surface area contributed by atoms with E-state index in [1.807, 2.05) is 35.7 Å². The number of hydrogen-bond acceptors (Lipinski definition) is 6. The van der Waals surface area contributed by atoms with Gasteiger partial charge in [-0.1, -0.05) is 48.5 Å². The summed E-state index contributed by atoms with van der Waals surface area (Å²) >= 11 is 1.35. The minimum absolute atomic E-state index is 0.200. The Bertz CT molecular complexity index is 1530. The van der Waals surface area contributed by atoms with Crippen molar-refractivity contribution >= 4 is 38.4 Å². The number of hydrogen-bond donors (Lipinski definition) is 1. The van der Waals surface area contributed by atoms with Crippen LogP contribution in [0.5, 0.6) is 0 Å². The first kappa shape index (κ1) is 18.0. The van der Waals surface area contributed by atoms with E-state index < -0.39 is 17.1 Å². The number of para-hydroxylation sites is 1. The van der Waals surface area contributed by atoms with Crippen LogP contribution in [0.15, 0.2) is 86.4 Å². The molecule has 0 bridgehead atoms. The third kappa shape index (κ3) is 2.99. The van der Waals surface area contributed by atoms with Gasteiger partial charge in [-0.3, -0.25) is 15.0 Å². The topological polar surface area (TPSA) is 94.2 Å². The maximum atomic E-state index is 13.1. The number of thiophene rings is 1. The summed E-state index contributed by atoms with van der Waals surface area (Å²) in [5.41, 5.74) is 3.02. The lowest BCUT2D eigenvalue weighted by molar-refractivity contribution is 0.100. The Labute approximate surface area is 172 Å². The molecule has 5 rings (SSSR count). The first-order valence-electron chi connectivity index (χ1n) is 9.00. The van der Waals surface area contributed by atoms with Crippen LogP contribution in [0.3, 0.4) is 0 Å². The SMILES string of the molecule is O=C(Nn1cnc2scc(-c3ccccc3)c2c1=O)c1cc2ccccc2oc1=O. The second kappa shape index (κ2) is 7.09. The summed E-state index contributed by atoms with van der Waals surface area (Å²) in [7, 11) is 0. The van der Waals surface area contributed by atoms with E-state index in [1.54, 1.807) is 24.3 Å². The number of amides is 1. The Morgan fingerprint density at radius 3 is 2.63 bits per heavy atom. The number of carbonyl (C=O) groups excluding carboxylic acids is 1. The van der Waals surface area contributed by atoms with Crippen molar-refractivity contribution in [1.29, 1.82) is 0 Å². The van der Waals surface area contributed by atoms with Gasteiger partial charge in [0.05, 0.1) is 5.39 Å². The van der Waals surface area contributed by atoms with Crippen molar-refractivity contribution in [1.82, 2.24) is 9.66 Å². The summed E-state index contributed by atoms with van der Waals surface area (Å²) in [6.45, 7) is 0. The molecule has 146 valence electrons. The fourth-order valence-corrected chi connectivity index (χ4v) is 4.14. The first-order chi connectivity index (χ1) is 14.6. The molecule has 0 aliphatic heterocycles. The normalized spacial score (nSPS) is 11.1. The third-order valence-electron chi connectivity index (χ3n) is 4.69. The van der Waals surface area contributed by atoms with Gasteiger partial charge in [0, 0.05) is 16.3 Å². The van der Waals surface area contributed by atoms with Crippen molar-refractivity contribution in [2.24, 2.45) is 0 Å². The molecule has 0 aliphatic carbocycles. The van der Waals surface area contributed by atoms with Crippen molar-refractivity contribution in [3.05, 3.63) is 98.7 Å². The lowest BCUT2D eigenvalue weighted by Crippen LogP contribution is -2.35. The highest BCUT2D eigenvalue weighted by Crippen LogP contribution is 2.30. The van der Waals surface area contributed by atoms with E-state index in [9.17, 15) is 14.4 Å². The van der Waals surface area contributed by atoms with Crippen LogP contribution in [0.2, 0.25) is 0 Å². The standard InChI is InChI=1S/C22H13N3O4S/c26-19(15-10-14-8-4-5-9-17(14)29-22(15)28)24-25-12-23-20-18(21(25)27)16(11-30-20)13-6-2-1-3-7-13/h1-12H,(H,24,26). The van der Waals surface area contributed by atoms with Crippen molar-refractivity contribution < 1.29 is 9.21 Å². The fraction of sp³-hybridized carbons (Fsp3) is 0. The maximum Gasteiger partial charge on any atom is 0.349 e. The quantitative estimate of drug-likeness (QED) is 0.454. The van der Waals surface area contributed by atoms with Gasteiger partial charge in [0.2, 0.25) is 0 Å². The number of rotatable bonds is 3. The maximum absolute atomic E-state index is 13.1. The molecule has 0 saturated heterocycles. The summed E-state index contributed by atoms with van der Waals surface area (Å²) in [5.74, 6) is -0.755. The molecule has 0 unspecified atom stereocenters. The van der Waals surface area contributed by atoms with Crippen LogP contribution in [-0.4, -0.2) is 15.6 Å². The van der Waals surface area contributed by atoms with Crippen molar-refractivity contribution in [3.63, 3.8) is 0 Å². The molecule has 0 aliphatic rings. The number of fused-ring (bicyclic) bond motifs is 2. The van der Waals surface area contributed by atoms with Crippen LogP contribution in [0.1, 0.15) is 10.4 Å². The van der Waals surface area contributed by atoms with Gasteiger partial charge in [0.1, 0.15) is 22.3 Å². The van der Waals surface area contributed by atoms with E-state index in [-0.39, 0.29) is 5.56 Å². The molecule has 0 radical (unpaired) electrons. The van der Waals surface area contributed by atoms with Crippen LogP contribution >= 0.6 is 11.3 Å². The zero-order valence-electron chi connectivity index (χ0n) is 15.4. The highest BCUT2D eigenvalue weighted by Gasteiger charge is 2.17. The summed E-state index contributed by atoms with van der Waals surface area (Å²) in [6.07, 6.45) is 1.23. The minimum Gasteiger partial charge on any atom is -0.422 e. The molecule has 3 aromatic heterocycles. The van der Waals surface area contributed by atoms with E-state index in [1.165, 1.54) is 23.7 Å². The van der Waals surface area contributed by atoms with E-state index in [0.717, 1.165) is 15.8 Å².